The average molecular weight is 284 g/mol. The number of benzene rings is 2. The topological polar surface area (TPSA) is 35.5 Å². The van der Waals surface area contributed by atoms with Crippen molar-refractivity contribution >= 4 is 7.60 Å². The number of hydrogen-bond donors (Lipinski definition) is 0. The van der Waals surface area contributed by atoms with E-state index in [0.717, 1.165) is 0 Å². The normalized spacial score (nSPS) is 13.6. The molecule has 3 nitrogen and oxygen atoms in total. The highest BCUT2D eigenvalue weighted by Gasteiger charge is 2.22. The van der Waals surface area contributed by atoms with E-state index in [-0.39, 0.29) is 11.5 Å². The molecule has 2 rings (SSSR count). The van der Waals surface area contributed by atoms with Crippen LogP contribution >= 0.6 is 7.60 Å². The fourth-order valence-electron chi connectivity index (χ4n) is 1.40. The van der Waals surface area contributed by atoms with Gasteiger partial charge in [0, 0.05) is 0 Å². The van der Waals surface area contributed by atoms with Crippen molar-refractivity contribution in [3.63, 3.8) is 0 Å². The van der Waals surface area contributed by atoms with Gasteiger partial charge in [-0.15, -0.1) is 0 Å². The van der Waals surface area contributed by atoms with Gasteiger partial charge in [0.1, 0.15) is 11.6 Å². The Bertz CT molecular complexity index is 614. The highest BCUT2D eigenvalue weighted by Crippen LogP contribution is 2.45. The van der Waals surface area contributed by atoms with Gasteiger partial charge < -0.3 is 9.05 Å². The van der Waals surface area contributed by atoms with Crippen LogP contribution in [-0.4, -0.2) is 6.66 Å². The van der Waals surface area contributed by atoms with E-state index in [0.29, 0.717) is 0 Å². The molecular formula is C13H11F2O3P. The number of hydrogen-bond acceptors (Lipinski definition) is 3. The van der Waals surface area contributed by atoms with Crippen LogP contribution in [-0.2, 0) is 4.57 Å². The summed E-state index contributed by atoms with van der Waals surface area (Å²) in [5.74, 6) is -1.04. The third kappa shape index (κ3) is 3.80. The predicted octanol–water partition coefficient (Wildman–Crippen LogP) is 4.25. The molecule has 1 unspecified atom stereocenters. The highest BCUT2D eigenvalue weighted by atomic mass is 31.2. The fourth-order valence-corrected chi connectivity index (χ4v) is 2.45. The average Bonchev–Trinajstić information content (AvgIpc) is 2.35. The van der Waals surface area contributed by atoms with Crippen LogP contribution in [0.3, 0.4) is 0 Å². The summed E-state index contributed by atoms with van der Waals surface area (Å²) in [6.45, 7) is 1.21. The first-order valence-corrected chi connectivity index (χ1v) is 7.42. The van der Waals surface area contributed by atoms with Gasteiger partial charge >= 0.3 is 7.60 Å². The lowest BCUT2D eigenvalue weighted by Crippen LogP contribution is -2.00. The van der Waals surface area contributed by atoms with Gasteiger partial charge in [0.25, 0.3) is 0 Å². The van der Waals surface area contributed by atoms with Crippen LogP contribution in [0.1, 0.15) is 0 Å². The van der Waals surface area contributed by atoms with Gasteiger partial charge in [-0.25, -0.2) is 13.3 Å². The zero-order valence-electron chi connectivity index (χ0n) is 10.0. The van der Waals surface area contributed by atoms with Crippen molar-refractivity contribution in [1.29, 1.82) is 0 Å². The molecular weight excluding hydrogens is 273 g/mol. The molecule has 19 heavy (non-hydrogen) atoms. The second-order valence-corrected chi connectivity index (χ2v) is 5.75. The minimum absolute atomic E-state index is 0.157. The summed E-state index contributed by atoms with van der Waals surface area (Å²) in [7, 11) is -3.54. The molecule has 0 bridgehead atoms. The van der Waals surface area contributed by atoms with E-state index in [1.54, 1.807) is 6.07 Å². The van der Waals surface area contributed by atoms with E-state index in [4.69, 9.17) is 9.05 Å². The Morgan fingerprint density at radius 1 is 0.947 bits per heavy atom. The summed E-state index contributed by atoms with van der Waals surface area (Å²) in [4.78, 5) is 0. The van der Waals surface area contributed by atoms with E-state index in [9.17, 15) is 13.3 Å². The van der Waals surface area contributed by atoms with E-state index in [2.05, 4.69) is 0 Å². The van der Waals surface area contributed by atoms with Gasteiger partial charge in [0.2, 0.25) is 0 Å². The summed E-state index contributed by atoms with van der Waals surface area (Å²) >= 11 is 0. The van der Waals surface area contributed by atoms with E-state index in [1.807, 2.05) is 0 Å². The third-order valence-corrected chi connectivity index (χ3v) is 3.26. The van der Waals surface area contributed by atoms with E-state index in [1.165, 1.54) is 49.1 Å². The third-order valence-electron chi connectivity index (χ3n) is 2.19. The van der Waals surface area contributed by atoms with Crippen molar-refractivity contribution in [2.45, 2.75) is 0 Å². The molecule has 0 fully saturated rings. The summed E-state index contributed by atoms with van der Waals surface area (Å²) in [5.41, 5.74) is 0. The van der Waals surface area contributed by atoms with E-state index < -0.39 is 19.2 Å². The molecule has 0 aromatic heterocycles. The zero-order chi connectivity index (χ0) is 13.9. The Morgan fingerprint density at radius 3 is 2.21 bits per heavy atom. The molecule has 0 heterocycles. The molecule has 2 aromatic rings. The molecule has 0 aliphatic carbocycles. The summed E-state index contributed by atoms with van der Waals surface area (Å²) < 4.78 is 48.3. The minimum Gasteiger partial charge on any atom is -0.416 e. The molecule has 0 saturated heterocycles. The number of para-hydroxylation sites is 1. The van der Waals surface area contributed by atoms with Crippen molar-refractivity contribution in [3.8, 4) is 11.5 Å². The second-order valence-electron chi connectivity index (χ2n) is 3.84. The Hall–Kier alpha value is -1.87. The maximum absolute atomic E-state index is 13.4. The molecule has 6 heteroatoms. The number of halogens is 2. The molecule has 1 atom stereocenters. The van der Waals surface area contributed by atoms with Gasteiger partial charge in [-0.3, -0.25) is 0 Å². The molecule has 0 radical (unpaired) electrons. The summed E-state index contributed by atoms with van der Waals surface area (Å²) in [6.07, 6.45) is 0. The van der Waals surface area contributed by atoms with Gasteiger partial charge in [-0.05, 0) is 36.4 Å². The fraction of sp³-hybridized carbons (Fsp3) is 0.0769. The Balaban J connectivity index is 2.13. The quantitative estimate of drug-likeness (QED) is 0.787. The molecule has 100 valence electrons. The van der Waals surface area contributed by atoms with Crippen molar-refractivity contribution in [2.75, 3.05) is 6.66 Å². The monoisotopic (exact) mass is 284 g/mol. The van der Waals surface area contributed by atoms with Crippen LogP contribution in [0.25, 0.3) is 0 Å². The Labute approximate surface area is 109 Å². The lowest BCUT2D eigenvalue weighted by molar-refractivity contribution is 0.382. The van der Waals surface area contributed by atoms with Crippen LogP contribution < -0.4 is 9.05 Å². The van der Waals surface area contributed by atoms with Gasteiger partial charge in [-0.2, -0.15) is 0 Å². The maximum Gasteiger partial charge on any atom is 0.427 e. The molecule has 2 aromatic carbocycles. The van der Waals surface area contributed by atoms with Crippen molar-refractivity contribution in [2.24, 2.45) is 0 Å². The first-order valence-electron chi connectivity index (χ1n) is 5.43. The largest absolute Gasteiger partial charge is 0.427 e. The standard InChI is InChI=1S/C13H11F2O3P/c1-19(16,17-11-8-6-10(14)7-9-11)18-13-5-3-2-4-12(13)15/h2-9H,1H3. The van der Waals surface area contributed by atoms with Crippen LogP contribution in [0.5, 0.6) is 11.5 Å². The van der Waals surface area contributed by atoms with Crippen molar-refractivity contribution in [1.82, 2.24) is 0 Å². The summed E-state index contributed by atoms with van der Waals surface area (Å²) in [5, 5.41) is 0. The molecule has 0 amide bonds. The van der Waals surface area contributed by atoms with Crippen LogP contribution in [0.2, 0.25) is 0 Å². The molecule has 0 aliphatic heterocycles. The molecule has 0 aliphatic rings. The first kappa shape index (κ1) is 13.6. The van der Waals surface area contributed by atoms with Gasteiger partial charge in [-0.1, -0.05) is 12.1 Å². The SMILES string of the molecule is CP(=O)(Oc1ccc(F)cc1)Oc1ccccc1F. The molecule has 0 spiro atoms. The lowest BCUT2D eigenvalue weighted by Gasteiger charge is -2.16. The van der Waals surface area contributed by atoms with Crippen LogP contribution in [0.4, 0.5) is 8.78 Å². The van der Waals surface area contributed by atoms with Crippen LogP contribution in [0, 0.1) is 11.6 Å². The second kappa shape index (κ2) is 5.41. The van der Waals surface area contributed by atoms with E-state index >= 15 is 0 Å². The highest BCUT2D eigenvalue weighted by molar-refractivity contribution is 7.53. The lowest BCUT2D eigenvalue weighted by atomic mass is 10.3. The number of rotatable bonds is 4. The molecule has 0 saturated carbocycles. The minimum atomic E-state index is -3.54. The van der Waals surface area contributed by atoms with Crippen molar-refractivity contribution in [3.05, 3.63) is 60.2 Å². The summed E-state index contributed by atoms with van der Waals surface area (Å²) in [6, 6.07) is 10.5. The Kier molecular flexibility index (Phi) is 3.86. The Morgan fingerprint density at radius 2 is 1.58 bits per heavy atom. The predicted molar refractivity (Wildman–Crippen MR) is 67.6 cm³/mol. The zero-order valence-corrected chi connectivity index (χ0v) is 10.9. The van der Waals surface area contributed by atoms with Crippen LogP contribution in [0.15, 0.2) is 48.5 Å². The van der Waals surface area contributed by atoms with Gasteiger partial charge in [0.15, 0.2) is 11.6 Å². The maximum atomic E-state index is 13.4. The molecule has 0 N–H and O–H groups in total. The smallest absolute Gasteiger partial charge is 0.416 e. The van der Waals surface area contributed by atoms with Gasteiger partial charge in [0.05, 0.1) is 6.66 Å². The first-order chi connectivity index (χ1) is 8.96. The van der Waals surface area contributed by atoms with Crippen molar-refractivity contribution < 1.29 is 22.4 Å².